The van der Waals surface area contributed by atoms with Crippen molar-refractivity contribution >= 4 is 67.8 Å². The average molecular weight is 620 g/mol. The highest BCUT2D eigenvalue weighted by Gasteiger charge is 2.23. The number of carbonyl (C=O) groups is 1. The summed E-state index contributed by atoms with van der Waals surface area (Å²) < 4.78 is 59.9. The molecule has 0 heterocycles. The molecule has 3 rings (SSSR count). The van der Waals surface area contributed by atoms with Crippen LogP contribution in [0.4, 0.5) is 20.2 Å². The lowest BCUT2D eigenvalue weighted by Crippen LogP contribution is -2.18. The molecule has 3 aromatic rings. The fourth-order valence-corrected chi connectivity index (χ4v) is 4.49. The van der Waals surface area contributed by atoms with Crippen LogP contribution in [0.25, 0.3) is 0 Å². The molecule has 0 aromatic heterocycles. The number of ether oxygens (including phenoxy) is 1. The Morgan fingerprint density at radius 1 is 1.12 bits per heavy atom. The summed E-state index contributed by atoms with van der Waals surface area (Å²) in [5.74, 6) is -3.73. The summed E-state index contributed by atoms with van der Waals surface area (Å²) >= 11 is 8.19. The van der Waals surface area contributed by atoms with E-state index in [1.807, 2.05) is 27.4 Å². The molecule has 7 nitrogen and oxygen atoms in total. The van der Waals surface area contributed by atoms with Gasteiger partial charge in [0.15, 0.2) is 11.6 Å². The fraction of sp³-hybridized carbons (Fsp3) is 0.0909. The van der Waals surface area contributed by atoms with Crippen LogP contribution < -0.4 is 10.1 Å². The van der Waals surface area contributed by atoms with E-state index in [9.17, 15) is 22.0 Å². The van der Waals surface area contributed by atoms with Crippen LogP contribution in [-0.2, 0) is 14.8 Å². The number of aryl methyl sites for hydroxylation is 1. The van der Waals surface area contributed by atoms with Crippen LogP contribution in [0.1, 0.15) is 21.5 Å². The maximum Gasteiger partial charge on any atom is 0.340 e. The van der Waals surface area contributed by atoms with Crippen molar-refractivity contribution < 1.29 is 26.7 Å². The molecule has 0 bridgehead atoms. The predicted molar refractivity (Wildman–Crippen MR) is 134 cm³/mol. The van der Waals surface area contributed by atoms with Gasteiger partial charge >= 0.3 is 5.97 Å². The van der Waals surface area contributed by atoms with E-state index in [1.54, 1.807) is 31.2 Å². The topological polar surface area (TPSA) is 96.9 Å². The third-order valence-corrected chi connectivity index (χ3v) is 6.76. The molecule has 178 valence electrons. The molecule has 0 aliphatic rings. The standard InChI is InChI=1S/C22H17ClF2IN3O4S/c1-12-3-6-15(7-4-12)34(31,32)29-27-11-13-9-16(22(30)33-2)21(20(25)19(13)24)28-18-8-5-14(26)10-17(18)23/h3-11,28-29H,1-2H3/b27-11+. The number of hydrogen-bond acceptors (Lipinski definition) is 6. The van der Waals surface area contributed by atoms with Gasteiger partial charge in [-0.05, 0) is 65.9 Å². The van der Waals surface area contributed by atoms with Gasteiger partial charge in [-0.2, -0.15) is 13.5 Å². The number of esters is 1. The number of nitrogens with one attached hydrogen (secondary N) is 2. The molecular formula is C22H17ClF2IN3O4S. The first-order chi connectivity index (χ1) is 16.0. The summed E-state index contributed by atoms with van der Waals surface area (Å²) in [6, 6.07) is 11.7. The van der Waals surface area contributed by atoms with E-state index < -0.39 is 38.9 Å². The van der Waals surface area contributed by atoms with Crippen LogP contribution in [0.3, 0.4) is 0 Å². The Kier molecular flexibility index (Phi) is 8.10. The number of halogens is 4. The molecule has 0 aliphatic carbocycles. The lowest BCUT2D eigenvalue weighted by atomic mass is 10.1. The first-order valence-electron chi connectivity index (χ1n) is 9.47. The molecule has 34 heavy (non-hydrogen) atoms. The van der Waals surface area contributed by atoms with Gasteiger partial charge in [0.2, 0.25) is 0 Å². The zero-order valence-electron chi connectivity index (χ0n) is 17.7. The molecule has 0 unspecified atom stereocenters. The summed E-state index contributed by atoms with van der Waals surface area (Å²) in [5, 5.41) is 6.35. The van der Waals surface area contributed by atoms with Gasteiger partial charge in [-0.25, -0.2) is 18.4 Å². The van der Waals surface area contributed by atoms with Gasteiger partial charge in [-0.1, -0.05) is 29.3 Å². The fourth-order valence-electron chi connectivity index (χ4n) is 2.79. The van der Waals surface area contributed by atoms with Crippen molar-refractivity contribution in [2.75, 3.05) is 12.4 Å². The van der Waals surface area contributed by atoms with E-state index in [4.69, 9.17) is 11.6 Å². The van der Waals surface area contributed by atoms with E-state index >= 15 is 0 Å². The van der Waals surface area contributed by atoms with E-state index in [2.05, 4.69) is 15.2 Å². The average Bonchev–Trinajstić information content (AvgIpc) is 2.79. The van der Waals surface area contributed by atoms with Crippen molar-refractivity contribution in [2.45, 2.75) is 11.8 Å². The summed E-state index contributed by atoms with van der Waals surface area (Å²) in [7, 11) is -2.96. The third-order valence-electron chi connectivity index (χ3n) is 4.54. The van der Waals surface area contributed by atoms with Crippen LogP contribution in [0.5, 0.6) is 0 Å². The highest BCUT2D eigenvalue weighted by Crippen LogP contribution is 2.32. The summed E-state index contributed by atoms with van der Waals surface area (Å²) in [6.45, 7) is 1.79. The monoisotopic (exact) mass is 619 g/mol. The van der Waals surface area contributed by atoms with Gasteiger partial charge in [0.05, 0.1) is 40.2 Å². The number of anilines is 2. The van der Waals surface area contributed by atoms with E-state index in [-0.39, 0.29) is 21.2 Å². The van der Waals surface area contributed by atoms with Gasteiger partial charge in [0.25, 0.3) is 10.0 Å². The maximum absolute atomic E-state index is 15.0. The van der Waals surface area contributed by atoms with Gasteiger partial charge in [0, 0.05) is 9.13 Å². The molecule has 0 amide bonds. The quantitative estimate of drug-likeness (QED) is 0.160. The number of hydrogen-bond donors (Lipinski definition) is 2. The number of benzene rings is 3. The Bertz CT molecular complexity index is 1380. The number of nitrogens with zero attached hydrogens (tertiary/aromatic N) is 1. The molecule has 0 atom stereocenters. The van der Waals surface area contributed by atoms with Crippen molar-refractivity contribution in [2.24, 2.45) is 5.10 Å². The first kappa shape index (κ1) is 25.8. The molecule has 0 aliphatic heterocycles. The normalized spacial score (nSPS) is 11.5. The smallest absolute Gasteiger partial charge is 0.340 e. The largest absolute Gasteiger partial charge is 0.465 e. The molecular weight excluding hydrogens is 603 g/mol. The van der Waals surface area contributed by atoms with Crippen LogP contribution in [0.2, 0.25) is 5.02 Å². The number of sulfonamides is 1. The minimum absolute atomic E-state index is 0.0638. The molecule has 0 spiro atoms. The predicted octanol–water partition coefficient (Wildman–Crippen LogP) is 5.37. The van der Waals surface area contributed by atoms with E-state index in [0.29, 0.717) is 0 Å². The van der Waals surface area contributed by atoms with Gasteiger partial charge in [-0.3, -0.25) is 0 Å². The Hall–Kier alpha value is -2.77. The summed E-state index contributed by atoms with van der Waals surface area (Å²) in [5.41, 5.74) is -0.235. The molecule has 12 heteroatoms. The van der Waals surface area contributed by atoms with Crippen molar-refractivity contribution in [3.8, 4) is 0 Å². The zero-order valence-corrected chi connectivity index (χ0v) is 21.4. The van der Waals surface area contributed by atoms with Crippen molar-refractivity contribution in [1.82, 2.24) is 4.83 Å². The minimum atomic E-state index is -4.04. The second-order valence-electron chi connectivity index (χ2n) is 6.92. The summed E-state index contributed by atoms with van der Waals surface area (Å²) in [6.07, 6.45) is 0.748. The lowest BCUT2D eigenvalue weighted by Gasteiger charge is -2.15. The van der Waals surface area contributed by atoms with Crippen molar-refractivity contribution in [3.63, 3.8) is 0 Å². The third kappa shape index (κ3) is 5.83. The van der Waals surface area contributed by atoms with Gasteiger partial charge in [0.1, 0.15) is 0 Å². The van der Waals surface area contributed by atoms with Crippen LogP contribution in [0, 0.1) is 22.1 Å². The van der Waals surface area contributed by atoms with Crippen LogP contribution in [-0.4, -0.2) is 27.7 Å². The van der Waals surface area contributed by atoms with Gasteiger partial charge in [-0.15, -0.1) is 0 Å². The number of carbonyl (C=O) groups excluding carboxylic acids is 1. The van der Waals surface area contributed by atoms with E-state index in [1.165, 1.54) is 18.2 Å². The maximum atomic E-state index is 15.0. The Labute approximate surface area is 213 Å². The molecule has 2 N–H and O–H groups in total. The highest BCUT2D eigenvalue weighted by molar-refractivity contribution is 14.1. The SMILES string of the molecule is COC(=O)c1cc(/C=N/NS(=O)(=O)c2ccc(C)cc2)c(F)c(F)c1Nc1ccc(I)cc1Cl. The summed E-state index contributed by atoms with van der Waals surface area (Å²) in [4.78, 5) is 14.1. The van der Waals surface area contributed by atoms with Crippen molar-refractivity contribution in [3.05, 3.63) is 85.4 Å². The van der Waals surface area contributed by atoms with Crippen LogP contribution in [0.15, 0.2) is 58.5 Å². The number of methoxy groups -OCH3 is 1. The molecule has 0 saturated carbocycles. The molecule has 0 saturated heterocycles. The minimum Gasteiger partial charge on any atom is -0.465 e. The second-order valence-corrected chi connectivity index (χ2v) is 10.2. The van der Waals surface area contributed by atoms with Crippen molar-refractivity contribution in [1.29, 1.82) is 0 Å². The van der Waals surface area contributed by atoms with Gasteiger partial charge < -0.3 is 10.1 Å². The number of hydrazone groups is 1. The second kappa shape index (κ2) is 10.7. The Balaban J connectivity index is 1.96. The Morgan fingerprint density at radius 2 is 1.79 bits per heavy atom. The molecule has 0 radical (unpaired) electrons. The Morgan fingerprint density at radius 3 is 2.41 bits per heavy atom. The van der Waals surface area contributed by atoms with E-state index in [0.717, 1.165) is 28.5 Å². The highest BCUT2D eigenvalue weighted by atomic mass is 127. The molecule has 0 fully saturated rings. The number of rotatable bonds is 7. The zero-order chi connectivity index (χ0) is 25.0. The first-order valence-corrected chi connectivity index (χ1v) is 12.4. The van der Waals surface area contributed by atoms with Crippen LogP contribution >= 0.6 is 34.2 Å². The molecule has 3 aromatic carbocycles. The lowest BCUT2D eigenvalue weighted by molar-refractivity contribution is 0.0601.